The van der Waals surface area contributed by atoms with E-state index >= 15 is 0 Å². The Labute approximate surface area is 98.5 Å². The van der Waals surface area contributed by atoms with Gasteiger partial charge in [-0.1, -0.05) is 20.4 Å². The van der Waals surface area contributed by atoms with Crippen LogP contribution >= 0.6 is 0 Å². The highest BCUT2D eigenvalue weighted by atomic mass is 16.3. The molecule has 0 aliphatic heterocycles. The van der Waals surface area contributed by atoms with E-state index in [1.807, 2.05) is 27.9 Å². The molecular weight excluding hydrogens is 204 g/mol. The van der Waals surface area contributed by atoms with Crippen molar-refractivity contribution in [2.24, 2.45) is 0 Å². The van der Waals surface area contributed by atoms with Gasteiger partial charge in [0.1, 0.15) is 0 Å². The minimum atomic E-state index is -0.477. The number of nitrogens with zero attached hydrogens (tertiary/aromatic N) is 1. The van der Waals surface area contributed by atoms with Gasteiger partial charge in [-0.15, -0.1) is 0 Å². The molecule has 0 saturated heterocycles. The van der Waals surface area contributed by atoms with E-state index in [2.05, 4.69) is 11.9 Å². The Hall–Kier alpha value is -0.870. The van der Waals surface area contributed by atoms with Crippen LogP contribution in [0.2, 0.25) is 0 Å². The number of carbonyl (C=O) groups is 1. The summed E-state index contributed by atoms with van der Waals surface area (Å²) in [6.07, 6.45) is 0.852. The molecule has 0 fully saturated rings. The Bertz CT molecular complexity index is 262. The molecule has 2 unspecified atom stereocenters. The van der Waals surface area contributed by atoms with E-state index in [1.165, 1.54) is 0 Å². The quantitative estimate of drug-likeness (QED) is 0.409. The monoisotopic (exact) mass is 229 g/mol. The summed E-state index contributed by atoms with van der Waals surface area (Å²) < 4.78 is 0.367. The van der Waals surface area contributed by atoms with Crippen molar-refractivity contribution in [1.82, 2.24) is 5.32 Å². The first-order valence-corrected chi connectivity index (χ1v) is 5.75. The maximum atomic E-state index is 11.6. The minimum Gasteiger partial charge on any atom is -0.345 e. The Morgan fingerprint density at radius 2 is 1.88 bits per heavy atom. The lowest BCUT2D eigenvalue weighted by Crippen LogP contribution is -2.62. The van der Waals surface area contributed by atoms with E-state index in [1.54, 1.807) is 6.92 Å². The van der Waals surface area contributed by atoms with Crippen molar-refractivity contribution in [1.29, 1.82) is 0 Å². The largest absolute Gasteiger partial charge is 0.345 e. The molecule has 0 aliphatic carbocycles. The molecule has 0 heterocycles. The van der Waals surface area contributed by atoms with Crippen LogP contribution in [0.1, 0.15) is 33.6 Å². The van der Waals surface area contributed by atoms with Gasteiger partial charge in [0.05, 0.1) is 14.1 Å². The van der Waals surface area contributed by atoms with Gasteiger partial charge in [-0.3, -0.25) is 9.28 Å². The third kappa shape index (κ3) is 3.61. The third-order valence-corrected chi connectivity index (χ3v) is 3.01. The number of rotatable bonds is 6. The molecule has 94 valence electrons. The lowest BCUT2D eigenvalue weighted by Gasteiger charge is -2.41. The number of amides is 1. The van der Waals surface area contributed by atoms with Gasteiger partial charge in [-0.25, -0.2) is 0 Å². The van der Waals surface area contributed by atoms with Gasteiger partial charge in [-0.2, -0.15) is 0 Å². The van der Waals surface area contributed by atoms with Gasteiger partial charge >= 0.3 is 0 Å². The molecule has 4 heteroatoms. The predicted molar refractivity (Wildman–Crippen MR) is 65.4 cm³/mol. The Morgan fingerprint density at radius 1 is 1.38 bits per heavy atom. The standard InChI is InChI=1S/C12H24N2O2/c1-7-10(13-12(16)9(3)4)14(5,6)11(15)8-2/h10-11,15H,3,7-8H2,1-2,4-6H3/p+1. The zero-order chi connectivity index (χ0) is 12.9. The Balaban J connectivity index is 4.72. The van der Waals surface area contributed by atoms with Crippen LogP contribution in [0, 0.1) is 0 Å². The molecule has 0 aromatic carbocycles. The smallest absolute Gasteiger partial charge is 0.250 e. The minimum absolute atomic E-state index is 0.0980. The summed E-state index contributed by atoms with van der Waals surface area (Å²) in [6, 6.07) is 0. The average Bonchev–Trinajstić information content (AvgIpc) is 2.23. The molecule has 0 saturated carbocycles. The van der Waals surface area contributed by atoms with E-state index in [0.717, 1.165) is 6.42 Å². The van der Waals surface area contributed by atoms with Crippen molar-refractivity contribution in [3.05, 3.63) is 12.2 Å². The number of aliphatic hydroxyl groups excluding tert-OH is 1. The highest BCUT2D eigenvalue weighted by molar-refractivity contribution is 5.92. The highest BCUT2D eigenvalue weighted by Gasteiger charge is 2.34. The molecule has 1 amide bonds. The van der Waals surface area contributed by atoms with Crippen molar-refractivity contribution >= 4 is 5.91 Å². The van der Waals surface area contributed by atoms with Crippen LogP contribution in [0.25, 0.3) is 0 Å². The number of nitrogens with one attached hydrogen (secondary N) is 1. The first-order chi connectivity index (χ1) is 7.27. The summed E-state index contributed by atoms with van der Waals surface area (Å²) in [5.74, 6) is -0.152. The molecule has 0 aromatic heterocycles. The maximum absolute atomic E-state index is 11.6. The molecule has 0 aromatic rings. The highest BCUT2D eigenvalue weighted by Crippen LogP contribution is 2.15. The van der Waals surface area contributed by atoms with E-state index < -0.39 is 6.23 Å². The lowest BCUT2D eigenvalue weighted by molar-refractivity contribution is -0.961. The summed E-state index contributed by atoms with van der Waals surface area (Å²) in [5.41, 5.74) is 0.490. The van der Waals surface area contributed by atoms with E-state index in [4.69, 9.17) is 0 Å². The van der Waals surface area contributed by atoms with Crippen molar-refractivity contribution in [3.8, 4) is 0 Å². The van der Waals surface area contributed by atoms with Gasteiger partial charge < -0.3 is 10.4 Å². The van der Waals surface area contributed by atoms with Crippen LogP contribution in [0.4, 0.5) is 0 Å². The zero-order valence-corrected chi connectivity index (χ0v) is 11.1. The number of quaternary nitrogens is 1. The normalized spacial score (nSPS) is 15.4. The van der Waals surface area contributed by atoms with Crippen LogP contribution in [0.15, 0.2) is 12.2 Å². The summed E-state index contributed by atoms with van der Waals surface area (Å²) in [4.78, 5) is 11.6. The van der Waals surface area contributed by atoms with Crippen LogP contribution in [0.5, 0.6) is 0 Å². The second-order valence-electron chi connectivity index (χ2n) is 4.70. The second-order valence-corrected chi connectivity index (χ2v) is 4.70. The second kappa shape index (κ2) is 6.01. The first-order valence-electron chi connectivity index (χ1n) is 5.75. The SMILES string of the molecule is C=C(C)C(=O)NC(CC)[N+](C)(C)C(O)CC. The van der Waals surface area contributed by atoms with Gasteiger partial charge in [-0.05, 0) is 6.92 Å². The number of hydrogen-bond acceptors (Lipinski definition) is 2. The Kier molecular flexibility index (Phi) is 5.68. The van der Waals surface area contributed by atoms with E-state index in [9.17, 15) is 9.90 Å². The van der Waals surface area contributed by atoms with Crippen LogP contribution in [-0.4, -0.2) is 42.0 Å². The molecule has 4 nitrogen and oxygen atoms in total. The van der Waals surface area contributed by atoms with Crippen LogP contribution in [0.3, 0.4) is 0 Å². The van der Waals surface area contributed by atoms with Gasteiger partial charge in [0.25, 0.3) is 5.91 Å². The van der Waals surface area contributed by atoms with Crippen LogP contribution in [-0.2, 0) is 4.79 Å². The summed E-state index contributed by atoms with van der Waals surface area (Å²) in [7, 11) is 3.84. The Morgan fingerprint density at radius 3 is 2.19 bits per heavy atom. The van der Waals surface area contributed by atoms with Crippen molar-refractivity contribution in [2.45, 2.75) is 46.0 Å². The lowest BCUT2D eigenvalue weighted by atomic mass is 10.2. The summed E-state index contributed by atoms with van der Waals surface area (Å²) in [6.45, 7) is 9.21. The number of hydrogen-bond donors (Lipinski definition) is 2. The van der Waals surface area contributed by atoms with E-state index in [0.29, 0.717) is 16.5 Å². The van der Waals surface area contributed by atoms with Gasteiger partial charge in [0, 0.05) is 18.4 Å². The number of aliphatic hydroxyl groups is 1. The summed E-state index contributed by atoms with van der Waals surface area (Å²) in [5, 5.41) is 12.8. The fraction of sp³-hybridized carbons (Fsp3) is 0.750. The first kappa shape index (κ1) is 15.1. The topological polar surface area (TPSA) is 49.3 Å². The fourth-order valence-electron chi connectivity index (χ4n) is 1.69. The molecule has 0 spiro atoms. The molecule has 0 radical (unpaired) electrons. The molecule has 0 rings (SSSR count). The molecule has 2 atom stereocenters. The zero-order valence-electron chi connectivity index (χ0n) is 11.1. The molecule has 2 N–H and O–H groups in total. The number of carbonyl (C=O) groups excluding carboxylic acids is 1. The molecule has 0 aliphatic rings. The van der Waals surface area contributed by atoms with E-state index in [-0.39, 0.29) is 12.1 Å². The van der Waals surface area contributed by atoms with Crippen LogP contribution < -0.4 is 5.32 Å². The molecular formula is C12H25N2O2+. The third-order valence-electron chi connectivity index (χ3n) is 3.01. The van der Waals surface area contributed by atoms with Crippen molar-refractivity contribution in [2.75, 3.05) is 14.1 Å². The fourth-order valence-corrected chi connectivity index (χ4v) is 1.69. The summed E-state index contributed by atoms with van der Waals surface area (Å²) >= 11 is 0. The van der Waals surface area contributed by atoms with Gasteiger partial charge in [0.15, 0.2) is 12.4 Å². The molecule has 16 heavy (non-hydrogen) atoms. The predicted octanol–water partition coefficient (Wildman–Crippen LogP) is 1.22. The van der Waals surface area contributed by atoms with Gasteiger partial charge in [0.2, 0.25) is 0 Å². The maximum Gasteiger partial charge on any atom is 0.250 e. The van der Waals surface area contributed by atoms with Crippen molar-refractivity contribution in [3.63, 3.8) is 0 Å². The molecule has 0 bridgehead atoms. The average molecular weight is 229 g/mol. The van der Waals surface area contributed by atoms with Crippen molar-refractivity contribution < 1.29 is 14.4 Å².